The molecule has 2 aliphatic rings. The van der Waals surface area contributed by atoms with Crippen LogP contribution in [0.1, 0.15) is 54.8 Å². The molecule has 2 atom stereocenters. The Kier molecular flexibility index (Phi) is 6.37. The lowest BCUT2D eigenvalue weighted by molar-refractivity contribution is -0.138. The summed E-state index contributed by atoms with van der Waals surface area (Å²) >= 11 is 0. The number of rotatable bonds is 4. The van der Waals surface area contributed by atoms with Gasteiger partial charge in [-0.15, -0.1) is 0 Å². The molecule has 27 heavy (non-hydrogen) atoms. The van der Waals surface area contributed by atoms with Gasteiger partial charge in [0.15, 0.2) is 0 Å². The summed E-state index contributed by atoms with van der Waals surface area (Å²) in [6, 6.07) is 6.87. The standard InChI is InChI=1S/C21H31N3O3/c1-15-8-9-16-5-3-7-19(18(16)13-15)22-21(27)24-11-4-6-17(10-12-24)23(2)14-20(25)26/h8-9,13,17,19H,3-7,10-12,14H2,1-2H3,(H,22,27)(H,25,26)/t17?,19-/m1/s1. The maximum Gasteiger partial charge on any atom is 0.317 e. The molecule has 1 saturated heterocycles. The molecule has 0 bridgehead atoms. The summed E-state index contributed by atoms with van der Waals surface area (Å²) < 4.78 is 0. The van der Waals surface area contributed by atoms with Gasteiger partial charge >= 0.3 is 12.0 Å². The first kappa shape index (κ1) is 19.7. The van der Waals surface area contributed by atoms with Gasteiger partial charge in [0.1, 0.15) is 0 Å². The number of carbonyl (C=O) groups is 2. The van der Waals surface area contributed by atoms with Crippen LogP contribution in [0, 0.1) is 6.92 Å². The van der Waals surface area contributed by atoms with Gasteiger partial charge in [-0.1, -0.05) is 23.8 Å². The van der Waals surface area contributed by atoms with Crippen LogP contribution in [-0.4, -0.2) is 59.6 Å². The molecular formula is C21H31N3O3. The Balaban J connectivity index is 1.59. The summed E-state index contributed by atoms with van der Waals surface area (Å²) in [4.78, 5) is 27.6. The van der Waals surface area contributed by atoms with Crippen LogP contribution in [-0.2, 0) is 11.2 Å². The van der Waals surface area contributed by atoms with Crippen LogP contribution < -0.4 is 5.32 Å². The fourth-order valence-corrected chi connectivity index (χ4v) is 4.37. The number of nitrogens with one attached hydrogen (secondary N) is 1. The number of nitrogens with zero attached hydrogens (tertiary/aromatic N) is 2. The normalized spacial score (nSPS) is 22.9. The molecule has 0 aromatic heterocycles. The van der Waals surface area contributed by atoms with Crippen LogP contribution in [0.15, 0.2) is 18.2 Å². The van der Waals surface area contributed by atoms with E-state index < -0.39 is 5.97 Å². The number of hydrogen-bond acceptors (Lipinski definition) is 3. The number of likely N-dealkylation sites (N-methyl/N-ethyl adjacent to an activating group) is 1. The quantitative estimate of drug-likeness (QED) is 0.851. The Morgan fingerprint density at radius 3 is 2.81 bits per heavy atom. The van der Waals surface area contributed by atoms with Crippen molar-refractivity contribution in [1.29, 1.82) is 0 Å². The molecule has 0 radical (unpaired) electrons. The lowest BCUT2D eigenvalue weighted by atomic mass is 9.87. The third-order valence-electron chi connectivity index (χ3n) is 5.91. The van der Waals surface area contributed by atoms with Crippen molar-refractivity contribution in [3.8, 4) is 0 Å². The summed E-state index contributed by atoms with van der Waals surface area (Å²) in [5.74, 6) is -0.803. The average molecular weight is 373 g/mol. The minimum Gasteiger partial charge on any atom is -0.480 e. The Bertz CT molecular complexity index is 691. The average Bonchev–Trinajstić information content (AvgIpc) is 2.88. The first-order valence-electron chi connectivity index (χ1n) is 10.0. The van der Waals surface area contributed by atoms with Gasteiger partial charge in [-0.3, -0.25) is 9.69 Å². The van der Waals surface area contributed by atoms with Gasteiger partial charge in [0.25, 0.3) is 0 Å². The number of amides is 2. The second kappa shape index (κ2) is 8.74. The number of carboxylic acid groups (broad SMARTS) is 1. The Labute approximate surface area is 161 Å². The number of aryl methyl sites for hydroxylation is 2. The van der Waals surface area contributed by atoms with Gasteiger partial charge in [0, 0.05) is 19.1 Å². The van der Waals surface area contributed by atoms with E-state index in [1.54, 1.807) is 0 Å². The van der Waals surface area contributed by atoms with E-state index in [4.69, 9.17) is 5.11 Å². The predicted molar refractivity (Wildman–Crippen MR) is 105 cm³/mol. The zero-order valence-electron chi connectivity index (χ0n) is 16.4. The summed E-state index contributed by atoms with van der Waals surface area (Å²) in [6.07, 6.45) is 5.82. The molecule has 1 aliphatic carbocycles. The topological polar surface area (TPSA) is 72.9 Å². The van der Waals surface area contributed by atoms with Crippen molar-refractivity contribution < 1.29 is 14.7 Å². The minimum absolute atomic E-state index is 0.0101. The number of urea groups is 1. The van der Waals surface area contributed by atoms with Gasteiger partial charge in [-0.25, -0.2) is 4.79 Å². The first-order valence-corrected chi connectivity index (χ1v) is 10.0. The lowest BCUT2D eigenvalue weighted by Gasteiger charge is -2.30. The van der Waals surface area contributed by atoms with E-state index in [-0.39, 0.29) is 24.7 Å². The monoisotopic (exact) mass is 373 g/mol. The van der Waals surface area contributed by atoms with Crippen LogP contribution >= 0.6 is 0 Å². The molecule has 6 nitrogen and oxygen atoms in total. The minimum atomic E-state index is -0.803. The highest BCUT2D eigenvalue weighted by molar-refractivity contribution is 5.75. The molecule has 1 fully saturated rings. The Hall–Kier alpha value is -2.08. The molecule has 3 rings (SSSR count). The summed E-state index contributed by atoms with van der Waals surface area (Å²) in [5, 5.41) is 12.2. The number of aliphatic carboxylic acids is 1. The maximum atomic E-state index is 12.9. The number of fused-ring (bicyclic) bond motifs is 1. The van der Waals surface area contributed by atoms with E-state index in [1.807, 2.05) is 16.8 Å². The maximum absolute atomic E-state index is 12.9. The Morgan fingerprint density at radius 2 is 2.04 bits per heavy atom. The number of carboxylic acids is 1. The van der Waals surface area contributed by atoms with E-state index >= 15 is 0 Å². The van der Waals surface area contributed by atoms with Crippen LogP contribution in [0.3, 0.4) is 0 Å². The van der Waals surface area contributed by atoms with Crippen LogP contribution in [0.25, 0.3) is 0 Å². The third-order valence-corrected chi connectivity index (χ3v) is 5.91. The molecule has 0 spiro atoms. The highest BCUT2D eigenvalue weighted by atomic mass is 16.4. The molecule has 1 aliphatic heterocycles. The number of carbonyl (C=O) groups excluding carboxylic acids is 1. The molecule has 0 saturated carbocycles. The van der Waals surface area contributed by atoms with E-state index in [0.717, 1.165) is 45.1 Å². The van der Waals surface area contributed by atoms with Crippen LogP contribution in [0.4, 0.5) is 4.79 Å². The van der Waals surface area contributed by atoms with E-state index in [2.05, 4.69) is 30.4 Å². The Morgan fingerprint density at radius 1 is 1.22 bits per heavy atom. The fraction of sp³-hybridized carbons (Fsp3) is 0.619. The van der Waals surface area contributed by atoms with Gasteiger partial charge in [0.2, 0.25) is 0 Å². The van der Waals surface area contributed by atoms with Gasteiger partial charge in [0.05, 0.1) is 12.6 Å². The SMILES string of the molecule is Cc1ccc2c(c1)[C@H](NC(=O)N1CCCC(N(C)CC(=O)O)CC1)CCC2. The van der Waals surface area contributed by atoms with E-state index in [1.165, 1.54) is 16.7 Å². The van der Waals surface area contributed by atoms with Crippen LogP contribution in [0.2, 0.25) is 0 Å². The smallest absolute Gasteiger partial charge is 0.317 e. The lowest BCUT2D eigenvalue weighted by Crippen LogP contribution is -2.43. The summed E-state index contributed by atoms with van der Waals surface area (Å²) in [5.41, 5.74) is 3.85. The molecule has 1 aromatic carbocycles. The predicted octanol–water partition coefficient (Wildman–Crippen LogP) is 2.95. The number of hydrogen-bond donors (Lipinski definition) is 2. The van der Waals surface area contributed by atoms with Crippen molar-refractivity contribution >= 4 is 12.0 Å². The number of likely N-dealkylation sites (tertiary alicyclic amines) is 1. The van der Waals surface area contributed by atoms with Crippen molar-refractivity contribution in [1.82, 2.24) is 15.1 Å². The number of benzene rings is 1. The van der Waals surface area contributed by atoms with E-state index in [9.17, 15) is 9.59 Å². The van der Waals surface area contributed by atoms with Gasteiger partial charge < -0.3 is 15.3 Å². The van der Waals surface area contributed by atoms with Crippen molar-refractivity contribution in [3.05, 3.63) is 34.9 Å². The van der Waals surface area contributed by atoms with Crippen molar-refractivity contribution in [2.75, 3.05) is 26.7 Å². The molecule has 6 heteroatoms. The highest BCUT2D eigenvalue weighted by Crippen LogP contribution is 2.30. The third kappa shape index (κ3) is 5.01. The zero-order chi connectivity index (χ0) is 19.4. The molecule has 1 aromatic rings. The molecule has 2 amide bonds. The van der Waals surface area contributed by atoms with E-state index in [0.29, 0.717) is 6.54 Å². The summed E-state index contributed by atoms with van der Waals surface area (Å²) in [7, 11) is 1.86. The molecule has 148 valence electrons. The molecular weight excluding hydrogens is 342 g/mol. The van der Waals surface area contributed by atoms with Crippen molar-refractivity contribution in [2.45, 2.75) is 57.5 Å². The first-order chi connectivity index (χ1) is 12.9. The second-order valence-electron chi connectivity index (χ2n) is 7.98. The van der Waals surface area contributed by atoms with Gasteiger partial charge in [-0.05, 0) is 63.6 Å². The van der Waals surface area contributed by atoms with Gasteiger partial charge in [-0.2, -0.15) is 0 Å². The molecule has 1 unspecified atom stereocenters. The fourth-order valence-electron chi connectivity index (χ4n) is 4.37. The van der Waals surface area contributed by atoms with Crippen LogP contribution in [0.5, 0.6) is 0 Å². The highest BCUT2D eigenvalue weighted by Gasteiger charge is 2.27. The zero-order valence-corrected chi connectivity index (χ0v) is 16.4. The molecule has 1 heterocycles. The largest absolute Gasteiger partial charge is 0.480 e. The van der Waals surface area contributed by atoms with Crippen molar-refractivity contribution in [3.63, 3.8) is 0 Å². The second-order valence-corrected chi connectivity index (χ2v) is 7.98. The summed E-state index contributed by atoms with van der Waals surface area (Å²) in [6.45, 7) is 3.55. The van der Waals surface area contributed by atoms with Crippen molar-refractivity contribution in [2.24, 2.45) is 0 Å². The molecule has 2 N–H and O–H groups in total.